The average Bonchev–Trinajstić information content (AvgIpc) is 2.27. The Labute approximate surface area is 112 Å². The van der Waals surface area contributed by atoms with Crippen molar-refractivity contribution in [2.24, 2.45) is 5.92 Å². The maximum absolute atomic E-state index is 12.0. The van der Waals surface area contributed by atoms with E-state index in [1.54, 1.807) is 25.1 Å². The van der Waals surface area contributed by atoms with Crippen molar-refractivity contribution >= 4 is 33.2 Å². The Bertz CT molecular complexity index is 476. The van der Waals surface area contributed by atoms with E-state index in [9.17, 15) is 8.42 Å². The van der Waals surface area contributed by atoms with Crippen molar-refractivity contribution in [3.8, 4) is 0 Å². The number of alkyl halides is 1. The smallest absolute Gasteiger partial charge is 0.208 e. The summed E-state index contributed by atoms with van der Waals surface area (Å²) in [4.78, 5) is 0.0929. The van der Waals surface area contributed by atoms with E-state index in [1.807, 2.05) is 6.92 Å². The lowest BCUT2D eigenvalue weighted by atomic mass is 10.1. The third-order valence-electron chi connectivity index (χ3n) is 2.56. The highest BCUT2D eigenvalue weighted by Crippen LogP contribution is 2.21. The van der Waals surface area contributed by atoms with E-state index in [2.05, 4.69) is 4.72 Å². The molecule has 1 aromatic rings. The first kappa shape index (κ1) is 14.8. The summed E-state index contributed by atoms with van der Waals surface area (Å²) in [7, 11) is -3.59. The van der Waals surface area contributed by atoms with Gasteiger partial charge in [-0.25, -0.2) is 13.1 Å². The van der Waals surface area contributed by atoms with E-state index < -0.39 is 10.0 Å². The summed E-state index contributed by atoms with van der Waals surface area (Å²) in [5, 5.41) is 0.214. The maximum Gasteiger partial charge on any atom is 0.242 e. The number of sulfonamides is 1. The van der Waals surface area contributed by atoms with E-state index in [0.717, 1.165) is 0 Å². The third kappa shape index (κ3) is 3.85. The van der Waals surface area contributed by atoms with Crippen molar-refractivity contribution < 1.29 is 8.42 Å². The molecule has 96 valence electrons. The minimum Gasteiger partial charge on any atom is -0.208 e. The lowest BCUT2D eigenvalue weighted by Crippen LogP contribution is -2.37. The van der Waals surface area contributed by atoms with Gasteiger partial charge in [0.2, 0.25) is 10.0 Å². The molecule has 3 nitrogen and oxygen atoms in total. The van der Waals surface area contributed by atoms with Crippen LogP contribution < -0.4 is 4.72 Å². The normalized spacial score (nSPS) is 15.5. The van der Waals surface area contributed by atoms with Crippen LogP contribution in [0.15, 0.2) is 29.2 Å². The van der Waals surface area contributed by atoms with Gasteiger partial charge in [-0.2, -0.15) is 0 Å². The SMILES string of the molecule is CC(CCl)C(C)NS(=O)(=O)c1ccccc1Cl. The largest absolute Gasteiger partial charge is 0.242 e. The van der Waals surface area contributed by atoms with Crippen LogP contribution in [-0.2, 0) is 10.0 Å². The molecule has 0 spiro atoms. The second-order valence-corrected chi connectivity index (χ2v) is 6.37. The van der Waals surface area contributed by atoms with Gasteiger partial charge in [0.05, 0.1) is 5.02 Å². The van der Waals surface area contributed by atoms with Crippen LogP contribution in [0.25, 0.3) is 0 Å². The van der Waals surface area contributed by atoms with Gasteiger partial charge in [0.25, 0.3) is 0 Å². The molecule has 0 saturated heterocycles. The second-order valence-electron chi connectivity index (χ2n) is 3.97. The lowest BCUT2D eigenvalue weighted by Gasteiger charge is -2.19. The van der Waals surface area contributed by atoms with Crippen LogP contribution in [0.2, 0.25) is 5.02 Å². The molecule has 6 heteroatoms. The van der Waals surface area contributed by atoms with E-state index in [0.29, 0.717) is 5.88 Å². The van der Waals surface area contributed by atoms with Crippen molar-refractivity contribution in [3.05, 3.63) is 29.3 Å². The highest BCUT2D eigenvalue weighted by atomic mass is 35.5. The van der Waals surface area contributed by atoms with Crippen LogP contribution in [0.1, 0.15) is 13.8 Å². The molecule has 1 aromatic carbocycles. The Kier molecular flexibility index (Phi) is 5.25. The molecule has 0 amide bonds. The fourth-order valence-electron chi connectivity index (χ4n) is 1.22. The molecule has 2 unspecified atom stereocenters. The van der Waals surface area contributed by atoms with Gasteiger partial charge >= 0.3 is 0 Å². The predicted molar refractivity (Wildman–Crippen MR) is 71.1 cm³/mol. The molecule has 1 N–H and O–H groups in total. The van der Waals surface area contributed by atoms with Gasteiger partial charge in [0.15, 0.2) is 0 Å². The summed E-state index contributed by atoms with van der Waals surface area (Å²) in [6.07, 6.45) is 0. The van der Waals surface area contributed by atoms with Crippen molar-refractivity contribution in [2.75, 3.05) is 5.88 Å². The highest BCUT2D eigenvalue weighted by molar-refractivity contribution is 7.89. The van der Waals surface area contributed by atoms with Crippen LogP contribution in [0.4, 0.5) is 0 Å². The van der Waals surface area contributed by atoms with E-state index in [4.69, 9.17) is 23.2 Å². The number of halogens is 2. The predicted octanol–water partition coefficient (Wildman–Crippen LogP) is 2.88. The number of hydrogen-bond acceptors (Lipinski definition) is 2. The first-order chi connectivity index (χ1) is 7.88. The number of rotatable bonds is 5. The van der Waals surface area contributed by atoms with E-state index >= 15 is 0 Å². The van der Waals surface area contributed by atoms with Crippen LogP contribution in [0, 0.1) is 5.92 Å². The molecule has 0 bridgehead atoms. The Morgan fingerprint density at radius 1 is 1.29 bits per heavy atom. The minimum atomic E-state index is -3.59. The quantitative estimate of drug-likeness (QED) is 0.849. The number of nitrogens with one attached hydrogen (secondary N) is 1. The van der Waals surface area contributed by atoms with Crippen molar-refractivity contribution in [3.63, 3.8) is 0 Å². The minimum absolute atomic E-state index is 0.0499. The van der Waals surface area contributed by atoms with Crippen LogP contribution in [-0.4, -0.2) is 20.3 Å². The molecule has 0 aromatic heterocycles. The monoisotopic (exact) mass is 295 g/mol. The van der Waals surface area contributed by atoms with E-state index in [1.165, 1.54) is 6.07 Å². The van der Waals surface area contributed by atoms with Crippen LogP contribution in [0.5, 0.6) is 0 Å². The first-order valence-electron chi connectivity index (χ1n) is 5.21. The molecule has 0 aliphatic heterocycles. The summed E-state index contributed by atoms with van der Waals surface area (Å²) < 4.78 is 26.7. The van der Waals surface area contributed by atoms with Gasteiger partial charge in [0.1, 0.15) is 4.90 Å². The molecule has 0 radical (unpaired) electrons. The Balaban J connectivity index is 2.94. The second kappa shape index (κ2) is 6.05. The topological polar surface area (TPSA) is 46.2 Å². The molecule has 17 heavy (non-hydrogen) atoms. The van der Waals surface area contributed by atoms with Gasteiger partial charge in [-0.15, -0.1) is 11.6 Å². The summed E-state index contributed by atoms with van der Waals surface area (Å²) in [6, 6.07) is 6.10. The molecule has 0 heterocycles. The third-order valence-corrected chi connectivity index (χ3v) is 5.11. The highest BCUT2D eigenvalue weighted by Gasteiger charge is 2.22. The molecule has 1 rings (SSSR count). The molecule has 0 fully saturated rings. The van der Waals surface area contributed by atoms with Crippen molar-refractivity contribution in [1.82, 2.24) is 4.72 Å². The van der Waals surface area contributed by atoms with Crippen molar-refractivity contribution in [1.29, 1.82) is 0 Å². The molecule has 2 atom stereocenters. The molecule has 0 aliphatic rings. The average molecular weight is 296 g/mol. The van der Waals surface area contributed by atoms with Crippen molar-refractivity contribution in [2.45, 2.75) is 24.8 Å². The van der Waals surface area contributed by atoms with Crippen LogP contribution >= 0.6 is 23.2 Å². The van der Waals surface area contributed by atoms with Gasteiger partial charge in [-0.3, -0.25) is 0 Å². The van der Waals surface area contributed by atoms with Gasteiger partial charge in [-0.05, 0) is 25.0 Å². The summed E-state index contributed by atoms with van der Waals surface area (Å²) >= 11 is 11.6. The zero-order valence-corrected chi connectivity index (χ0v) is 12.0. The standard InChI is InChI=1S/C11H15Cl2NO2S/c1-8(7-12)9(2)14-17(15,16)11-6-4-3-5-10(11)13/h3-6,8-9,14H,7H2,1-2H3. The number of hydrogen-bond donors (Lipinski definition) is 1. The maximum atomic E-state index is 12.0. The van der Waals surface area contributed by atoms with Gasteiger partial charge < -0.3 is 0 Å². The zero-order valence-electron chi connectivity index (χ0n) is 9.65. The summed E-state index contributed by atoms with van der Waals surface area (Å²) in [5.74, 6) is 0.445. The Hall–Kier alpha value is -0.290. The van der Waals surface area contributed by atoms with E-state index in [-0.39, 0.29) is 21.9 Å². The zero-order chi connectivity index (χ0) is 13.1. The summed E-state index contributed by atoms with van der Waals surface area (Å²) in [6.45, 7) is 3.66. The van der Waals surface area contributed by atoms with Gasteiger partial charge in [0, 0.05) is 11.9 Å². The molecule has 0 saturated carbocycles. The lowest BCUT2D eigenvalue weighted by molar-refractivity contribution is 0.480. The summed E-state index contributed by atoms with van der Waals surface area (Å²) in [5.41, 5.74) is 0. The fourth-order valence-corrected chi connectivity index (χ4v) is 3.36. The fraction of sp³-hybridized carbons (Fsp3) is 0.455. The van der Waals surface area contributed by atoms with Gasteiger partial charge in [-0.1, -0.05) is 30.7 Å². The molecule has 0 aliphatic carbocycles. The Morgan fingerprint density at radius 2 is 1.88 bits per heavy atom. The number of benzene rings is 1. The van der Waals surface area contributed by atoms with Crippen LogP contribution in [0.3, 0.4) is 0 Å². The molecular formula is C11H15Cl2NO2S. The molecular weight excluding hydrogens is 281 g/mol. The Morgan fingerprint density at radius 3 is 2.41 bits per heavy atom. The first-order valence-corrected chi connectivity index (χ1v) is 7.61.